The Labute approximate surface area is 156 Å². The fourth-order valence-electron chi connectivity index (χ4n) is 3.79. The first-order valence-electron chi connectivity index (χ1n) is 9.24. The van der Waals surface area contributed by atoms with Gasteiger partial charge in [-0.05, 0) is 48.2 Å². The predicted octanol–water partition coefficient (Wildman–Crippen LogP) is 5.19. The van der Waals surface area contributed by atoms with Gasteiger partial charge in [-0.3, -0.25) is 4.79 Å². The summed E-state index contributed by atoms with van der Waals surface area (Å²) in [5.74, 6) is -1.58. The summed E-state index contributed by atoms with van der Waals surface area (Å²) in [7, 11) is 1.60. The number of rotatable bonds is 4. The van der Waals surface area contributed by atoms with E-state index in [9.17, 15) is 18.0 Å². The number of hydrogen-bond donors (Lipinski definition) is 1. The van der Waals surface area contributed by atoms with Crippen molar-refractivity contribution in [2.75, 3.05) is 7.11 Å². The van der Waals surface area contributed by atoms with Crippen molar-refractivity contribution in [2.24, 2.45) is 5.92 Å². The molecule has 6 heteroatoms. The molecule has 0 aromatic heterocycles. The number of amides is 1. The van der Waals surface area contributed by atoms with Crippen LogP contribution in [0.25, 0.3) is 10.8 Å². The fourth-order valence-corrected chi connectivity index (χ4v) is 3.79. The number of benzene rings is 2. The second-order valence-corrected chi connectivity index (χ2v) is 7.24. The first kappa shape index (κ1) is 19.5. The lowest BCUT2D eigenvalue weighted by Gasteiger charge is -2.34. The largest absolute Gasteiger partial charge is 0.497 e. The third-order valence-electron chi connectivity index (χ3n) is 5.48. The maximum atomic E-state index is 13.2. The van der Waals surface area contributed by atoms with Crippen LogP contribution in [0.4, 0.5) is 13.2 Å². The topological polar surface area (TPSA) is 38.3 Å². The van der Waals surface area contributed by atoms with Gasteiger partial charge in [-0.1, -0.05) is 37.1 Å². The highest BCUT2D eigenvalue weighted by Crippen LogP contribution is 2.38. The Hall–Kier alpha value is -2.24. The van der Waals surface area contributed by atoms with E-state index in [1.807, 2.05) is 36.4 Å². The molecule has 3 atom stereocenters. The number of fused-ring (bicyclic) bond motifs is 1. The van der Waals surface area contributed by atoms with Crippen LogP contribution < -0.4 is 10.1 Å². The molecule has 2 aromatic carbocycles. The molecule has 3 rings (SSSR count). The molecule has 0 unspecified atom stereocenters. The number of carbonyl (C=O) groups excluding carboxylic acids is 1. The maximum absolute atomic E-state index is 13.2. The Morgan fingerprint density at radius 3 is 2.48 bits per heavy atom. The first-order chi connectivity index (χ1) is 12.8. The highest BCUT2D eigenvalue weighted by atomic mass is 19.4. The quantitative estimate of drug-likeness (QED) is 0.794. The number of nitrogens with one attached hydrogen (secondary N) is 1. The van der Waals surface area contributed by atoms with Crippen molar-refractivity contribution in [3.63, 3.8) is 0 Å². The van der Waals surface area contributed by atoms with Crippen molar-refractivity contribution in [1.29, 1.82) is 0 Å². The number of alkyl halides is 3. The van der Waals surface area contributed by atoms with Crippen molar-refractivity contribution in [3.05, 3.63) is 42.0 Å². The summed E-state index contributed by atoms with van der Waals surface area (Å²) in [5, 5.41) is 4.60. The van der Waals surface area contributed by atoms with Crippen LogP contribution in [0, 0.1) is 5.92 Å². The van der Waals surface area contributed by atoms with Crippen LogP contribution in [-0.2, 0) is 4.79 Å². The highest BCUT2D eigenvalue weighted by Gasteiger charge is 2.46. The van der Waals surface area contributed by atoms with Crippen LogP contribution in [0.2, 0.25) is 0 Å². The van der Waals surface area contributed by atoms with Crippen molar-refractivity contribution < 1.29 is 22.7 Å². The minimum absolute atomic E-state index is 0.0840. The fraction of sp³-hybridized carbons (Fsp3) is 0.476. The van der Waals surface area contributed by atoms with E-state index in [0.717, 1.165) is 22.1 Å². The molecule has 1 fully saturated rings. The summed E-state index contributed by atoms with van der Waals surface area (Å²) in [6, 6.07) is 10.5. The Balaban J connectivity index is 1.75. The van der Waals surface area contributed by atoms with Crippen LogP contribution in [0.15, 0.2) is 36.4 Å². The molecule has 1 saturated carbocycles. The van der Waals surface area contributed by atoms with Crippen LogP contribution in [0.5, 0.6) is 5.75 Å². The van der Waals surface area contributed by atoms with Gasteiger partial charge >= 0.3 is 6.18 Å². The molecule has 1 amide bonds. The van der Waals surface area contributed by atoms with E-state index in [4.69, 9.17) is 4.74 Å². The molecule has 2 aromatic rings. The van der Waals surface area contributed by atoms with E-state index in [1.165, 1.54) is 0 Å². The van der Waals surface area contributed by atoms with Gasteiger partial charge in [0.15, 0.2) is 0 Å². The van der Waals surface area contributed by atoms with Crippen molar-refractivity contribution in [3.8, 4) is 5.75 Å². The molecule has 0 bridgehead atoms. The van der Waals surface area contributed by atoms with Gasteiger partial charge in [-0.15, -0.1) is 0 Å². The van der Waals surface area contributed by atoms with Gasteiger partial charge in [0, 0.05) is 6.04 Å². The van der Waals surface area contributed by atoms with Gasteiger partial charge < -0.3 is 10.1 Å². The SMILES string of the molecule is COc1ccc2cc([C@H](C)C(=O)N[C@H]3CCCC[C@H]3C(F)(F)F)ccc2c1. The second-order valence-electron chi connectivity index (χ2n) is 7.24. The zero-order valence-electron chi connectivity index (χ0n) is 15.5. The molecule has 1 N–H and O–H groups in total. The summed E-state index contributed by atoms with van der Waals surface area (Å²) in [6.45, 7) is 1.73. The van der Waals surface area contributed by atoms with Gasteiger partial charge in [0.2, 0.25) is 5.91 Å². The Morgan fingerprint density at radius 1 is 1.11 bits per heavy atom. The molecule has 0 radical (unpaired) electrons. The first-order valence-corrected chi connectivity index (χ1v) is 9.24. The van der Waals surface area contributed by atoms with Crippen LogP contribution in [-0.4, -0.2) is 25.2 Å². The van der Waals surface area contributed by atoms with E-state index in [0.29, 0.717) is 19.3 Å². The molecule has 0 heterocycles. The molecule has 1 aliphatic carbocycles. The molecular weight excluding hydrogens is 355 g/mol. The Morgan fingerprint density at radius 2 is 1.78 bits per heavy atom. The number of ether oxygens (including phenoxy) is 1. The average molecular weight is 379 g/mol. The summed E-state index contributed by atoms with van der Waals surface area (Å²) >= 11 is 0. The minimum Gasteiger partial charge on any atom is -0.497 e. The third-order valence-corrected chi connectivity index (χ3v) is 5.48. The van der Waals surface area contributed by atoms with Gasteiger partial charge in [-0.2, -0.15) is 13.2 Å². The summed E-state index contributed by atoms with van der Waals surface area (Å²) in [6.07, 6.45) is -2.55. The lowest BCUT2D eigenvalue weighted by molar-refractivity contribution is -0.189. The molecule has 0 saturated heterocycles. The van der Waals surface area contributed by atoms with Gasteiger partial charge in [-0.25, -0.2) is 0 Å². The monoisotopic (exact) mass is 379 g/mol. The second kappa shape index (κ2) is 7.79. The zero-order valence-corrected chi connectivity index (χ0v) is 15.5. The molecule has 0 spiro atoms. The smallest absolute Gasteiger partial charge is 0.393 e. The number of methoxy groups -OCH3 is 1. The average Bonchev–Trinajstić information content (AvgIpc) is 2.66. The van der Waals surface area contributed by atoms with Crippen LogP contribution >= 0.6 is 0 Å². The van der Waals surface area contributed by atoms with Crippen molar-refractivity contribution >= 4 is 16.7 Å². The van der Waals surface area contributed by atoms with Crippen LogP contribution in [0.1, 0.15) is 44.1 Å². The molecule has 146 valence electrons. The Kier molecular flexibility index (Phi) is 5.63. The van der Waals surface area contributed by atoms with Gasteiger partial charge in [0.1, 0.15) is 5.75 Å². The lowest BCUT2D eigenvalue weighted by atomic mass is 9.83. The number of carbonyl (C=O) groups is 1. The summed E-state index contributed by atoms with van der Waals surface area (Å²) < 4.78 is 44.9. The number of hydrogen-bond acceptors (Lipinski definition) is 2. The maximum Gasteiger partial charge on any atom is 0.393 e. The van der Waals surface area contributed by atoms with E-state index in [1.54, 1.807) is 14.0 Å². The third kappa shape index (κ3) is 4.37. The zero-order chi connectivity index (χ0) is 19.6. The van der Waals surface area contributed by atoms with Gasteiger partial charge in [0.25, 0.3) is 0 Å². The molecular formula is C21H24F3NO2. The standard InChI is InChI=1S/C21H24F3NO2/c1-13(14-7-8-16-12-17(27-2)10-9-15(16)11-14)20(26)25-19-6-4-3-5-18(19)21(22,23)24/h7-13,18-19H,3-6H2,1-2H3,(H,25,26)/t13-,18+,19-/m0/s1. The summed E-state index contributed by atoms with van der Waals surface area (Å²) in [5.41, 5.74) is 0.782. The van der Waals surface area contributed by atoms with Crippen molar-refractivity contribution in [1.82, 2.24) is 5.32 Å². The summed E-state index contributed by atoms with van der Waals surface area (Å²) in [4.78, 5) is 12.6. The Bertz CT molecular complexity index is 819. The minimum atomic E-state index is -4.27. The van der Waals surface area contributed by atoms with E-state index in [2.05, 4.69) is 5.32 Å². The predicted molar refractivity (Wildman–Crippen MR) is 98.9 cm³/mol. The van der Waals surface area contributed by atoms with E-state index in [-0.39, 0.29) is 12.3 Å². The van der Waals surface area contributed by atoms with Crippen molar-refractivity contribution in [2.45, 2.75) is 50.7 Å². The number of halogens is 3. The normalized spacial score (nSPS) is 21.7. The molecule has 1 aliphatic rings. The van der Waals surface area contributed by atoms with Gasteiger partial charge in [0.05, 0.1) is 18.9 Å². The molecule has 27 heavy (non-hydrogen) atoms. The molecule has 0 aliphatic heterocycles. The van der Waals surface area contributed by atoms with Crippen LogP contribution in [0.3, 0.4) is 0 Å². The highest BCUT2D eigenvalue weighted by molar-refractivity contribution is 5.88. The van der Waals surface area contributed by atoms with E-state index < -0.39 is 24.1 Å². The lowest BCUT2D eigenvalue weighted by Crippen LogP contribution is -2.48. The molecule has 3 nitrogen and oxygen atoms in total. The van der Waals surface area contributed by atoms with E-state index >= 15 is 0 Å².